The Morgan fingerprint density at radius 1 is 1.04 bits per heavy atom. The molecule has 2 aromatic carbocycles. The van der Waals surface area contributed by atoms with E-state index in [-0.39, 0.29) is 5.78 Å². The Morgan fingerprint density at radius 3 is 2.38 bits per heavy atom. The molecule has 0 aliphatic rings. The lowest BCUT2D eigenvalue weighted by atomic mass is 10.0. The largest absolute Gasteiger partial charge is 0.497 e. The van der Waals surface area contributed by atoms with Crippen molar-refractivity contribution in [3.05, 3.63) is 65.4 Å². The summed E-state index contributed by atoms with van der Waals surface area (Å²) in [6.07, 6.45) is 3.81. The molecular formula is C20H19NO3. The fourth-order valence-corrected chi connectivity index (χ4v) is 2.68. The molecule has 1 aromatic heterocycles. The Labute approximate surface area is 140 Å². The van der Waals surface area contributed by atoms with Crippen molar-refractivity contribution in [3.63, 3.8) is 0 Å². The molecule has 4 nitrogen and oxygen atoms in total. The van der Waals surface area contributed by atoms with Gasteiger partial charge in [0, 0.05) is 34.3 Å². The lowest BCUT2D eigenvalue weighted by molar-refractivity contribution is 0.103. The second-order valence-corrected chi connectivity index (χ2v) is 5.55. The van der Waals surface area contributed by atoms with E-state index in [1.807, 2.05) is 43.5 Å². The number of hydrogen-bond acceptors (Lipinski definition) is 3. The molecule has 4 heteroatoms. The Bertz CT molecular complexity index is 899. The van der Waals surface area contributed by atoms with Crippen LogP contribution in [-0.2, 0) is 0 Å². The zero-order chi connectivity index (χ0) is 17.1. The van der Waals surface area contributed by atoms with Crippen molar-refractivity contribution in [1.82, 2.24) is 4.98 Å². The summed E-state index contributed by atoms with van der Waals surface area (Å²) in [6, 6.07) is 13.2. The van der Waals surface area contributed by atoms with Crippen molar-refractivity contribution >= 4 is 22.8 Å². The van der Waals surface area contributed by atoms with Crippen LogP contribution < -0.4 is 9.47 Å². The summed E-state index contributed by atoms with van der Waals surface area (Å²) >= 11 is 0. The highest BCUT2D eigenvalue weighted by Gasteiger charge is 2.12. The fraction of sp³-hybridized carbons (Fsp3) is 0.150. The van der Waals surface area contributed by atoms with E-state index >= 15 is 0 Å². The van der Waals surface area contributed by atoms with Crippen molar-refractivity contribution in [2.24, 2.45) is 0 Å². The Hall–Kier alpha value is -3.01. The number of ketones is 1. The molecule has 0 radical (unpaired) electrons. The number of carbonyl (C=O) groups is 1. The van der Waals surface area contributed by atoms with Gasteiger partial charge in [-0.15, -0.1) is 0 Å². The maximum atomic E-state index is 12.8. The molecule has 1 N–H and O–H groups in total. The lowest BCUT2D eigenvalue weighted by Gasteiger charge is -2.08. The number of allylic oxidation sites excluding steroid dienone is 1. The normalized spacial score (nSPS) is 11.5. The van der Waals surface area contributed by atoms with Gasteiger partial charge >= 0.3 is 0 Å². The van der Waals surface area contributed by atoms with Crippen molar-refractivity contribution in [2.45, 2.75) is 6.92 Å². The number of hydrogen-bond donors (Lipinski definition) is 1. The van der Waals surface area contributed by atoms with Crippen LogP contribution in [0.4, 0.5) is 0 Å². The molecule has 0 saturated heterocycles. The number of rotatable bonds is 5. The molecule has 1 heterocycles. The van der Waals surface area contributed by atoms with Crippen LogP contribution in [-0.4, -0.2) is 25.0 Å². The Kier molecular flexibility index (Phi) is 4.38. The van der Waals surface area contributed by atoms with Gasteiger partial charge in [0.05, 0.1) is 14.2 Å². The van der Waals surface area contributed by atoms with Crippen LogP contribution in [0.1, 0.15) is 22.8 Å². The Balaban J connectivity index is 1.97. The third kappa shape index (κ3) is 3.04. The number of carbonyl (C=O) groups excluding carboxylic acids is 1. The minimum atomic E-state index is -0.0579. The highest BCUT2D eigenvalue weighted by atomic mass is 16.5. The molecule has 0 aliphatic heterocycles. The number of aromatic amines is 1. The van der Waals surface area contributed by atoms with E-state index in [9.17, 15) is 4.79 Å². The predicted molar refractivity (Wildman–Crippen MR) is 95.8 cm³/mol. The summed E-state index contributed by atoms with van der Waals surface area (Å²) in [7, 11) is 3.13. The van der Waals surface area contributed by atoms with Crippen LogP contribution in [0.3, 0.4) is 0 Å². The first kappa shape index (κ1) is 15.9. The molecule has 0 amide bonds. The maximum absolute atomic E-state index is 12.8. The number of nitrogens with one attached hydrogen (secondary N) is 1. The summed E-state index contributed by atoms with van der Waals surface area (Å²) in [6.45, 7) is 1.82. The van der Waals surface area contributed by atoms with Gasteiger partial charge in [0.25, 0.3) is 0 Å². The van der Waals surface area contributed by atoms with E-state index in [2.05, 4.69) is 4.98 Å². The van der Waals surface area contributed by atoms with Gasteiger partial charge in [-0.2, -0.15) is 0 Å². The van der Waals surface area contributed by atoms with Crippen molar-refractivity contribution in [2.75, 3.05) is 14.2 Å². The van der Waals surface area contributed by atoms with Crippen LogP contribution >= 0.6 is 0 Å². The topological polar surface area (TPSA) is 51.3 Å². The van der Waals surface area contributed by atoms with Gasteiger partial charge < -0.3 is 14.5 Å². The average molecular weight is 321 g/mol. The van der Waals surface area contributed by atoms with Gasteiger partial charge in [0.15, 0.2) is 5.78 Å². The van der Waals surface area contributed by atoms with E-state index in [1.54, 1.807) is 32.4 Å². The molecule has 0 saturated carbocycles. The van der Waals surface area contributed by atoms with Crippen LogP contribution in [0.2, 0.25) is 0 Å². The third-order valence-electron chi connectivity index (χ3n) is 3.97. The van der Waals surface area contributed by atoms with E-state index in [1.165, 1.54) is 0 Å². The molecule has 24 heavy (non-hydrogen) atoms. The van der Waals surface area contributed by atoms with E-state index in [0.29, 0.717) is 22.6 Å². The first-order valence-corrected chi connectivity index (χ1v) is 7.64. The van der Waals surface area contributed by atoms with Crippen LogP contribution in [0.15, 0.2) is 54.2 Å². The number of ether oxygens (including phenoxy) is 2. The molecule has 122 valence electrons. The highest BCUT2D eigenvalue weighted by Crippen LogP contribution is 2.26. The zero-order valence-electron chi connectivity index (χ0n) is 13.9. The number of para-hydroxylation sites is 1. The van der Waals surface area contributed by atoms with Crippen molar-refractivity contribution in [3.8, 4) is 11.5 Å². The van der Waals surface area contributed by atoms with Crippen LogP contribution in [0, 0.1) is 0 Å². The van der Waals surface area contributed by atoms with E-state index < -0.39 is 0 Å². The first-order valence-electron chi connectivity index (χ1n) is 7.64. The van der Waals surface area contributed by atoms with E-state index in [0.717, 1.165) is 16.5 Å². The molecule has 0 aliphatic carbocycles. The number of methoxy groups -OCH3 is 2. The third-order valence-corrected chi connectivity index (χ3v) is 3.97. The molecule has 3 rings (SSSR count). The van der Waals surface area contributed by atoms with Gasteiger partial charge in [-0.1, -0.05) is 18.2 Å². The summed E-state index contributed by atoms with van der Waals surface area (Å²) < 4.78 is 10.5. The zero-order valence-corrected chi connectivity index (χ0v) is 13.9. The van der Waals surface area contributed by atoms with Gasteiger partial charge in [-0.25, -0.2) is 0 Å². The standard InChI is InChI=1S/C20H19NO3/c1-13(8-15-12-21-19-7-5-4-6-18(15)19)20(22)14-9-16(23-2)11-17(10-14)24-3/h4-12,21H,1-3H3/b13-8+. The number of benzene rings is 2. The van der Waals surface area contributed by atoms with Crippen molar-refractivity contribution in [1.29, 1.82) is 0 Å². The molecule has 0 atom stereocenters. The molecular weight excluding hydrogens is 302 g/mol. The van der Waals surface area contributed by atoms with Gasteiger partial charge in [-0.3, -0.25) is 4.79 Å². The van der Waals surface area contributed by atoms with Gasteiger partial charge in [0.1, 0.15) is 11.5 Å². The summed E-state index contributed by atoms with van der Waals surface area (Å²) in [4.78, 5) is 16.0. The second kappa shape index (κ2) is 6.62. The summed E-state index contributed by atoms with van der Waals surface area (Å²) in [5.74, 6) is 1.13. The van der Waals surface area contributed by atoms with E-state index in [4.69, 9.17) is 9.47 Å². The molecule has 3 aromatic rings. The summed E-state index contributed by atoms with van der Waals surface area (Å²) in [5, 5.41) is 1.09. The minimum absolute atomic E-state index is 0.0579. The van der Waals surface area contributed by atoms with Gasteiger partial charge in [0.2, 0.25) is 0 Å². The molecule has 0 bridgehead atoms. The molecule has 0 unspecified atom stereocenters. The molecule has 0 fully saturated rings. The SMILES string of the molecule is COc1cc(OC)cc(C(=O)/C(C)=C/c2c[nH]c3ccccc23)c1. The fourth-order valence-electron chi connectivity index (χ4n) is 2.68. The summed E-state index contributed by atoms with van der Waals surface area (Å²) in [5.41, 5.74) is 3.23. The quantitative estimate of drug-likeness (QED) is 0.557. The number of fused-ring (bicyclic) bond motifs is 1. The maximum Gasteiger partial charge on any atom is 0.189 e. The highest BCUT2D eigenvalue weighted by molar-refractivity contribution is 6.12. The lowest BCUT2D eigenvalue weighted by Crippen LogP contribution is -2.02. The second-order valence-electron chi connectivity index (χ2n) is 5.55. The smallest absolute Gasteiger partial charge is 0.189 e. The predicted octanol–water partition coefficient (Wildman–Crippen LogP) is 4.47. The van der Waals surface area contributed by atoms with Crippen LogP contribution in [0.5, 0.6) is 11.5 Å². The first-order chi connectivity index (χ1) is 11.6. The van der Waals surface area contributed by atoms with Crippen molar-refractivity contribution < 1.29 is 14.3 Å². The van der Waals surface area contributed by atoms with Gasteiger partial charge in [-0.05, 0) is 36.8 Å². The minimum Gasteiger partial charge on any atom is -0.497 e. The average Bonchev–Trinajstić information content (AvgIpc) is 3.03. The number of aromatic nitrogens is 1. The molecule has 0 spiro atoms. The number of Topliss-reactive ketones (excluding diaryl/α,β-unsaturated/α-hetero) is 1. The number of H-pyrrole nitrogens is 1. The Morgan fingerprint density at radius 2 is 1.71 bits per heavy atom. The van der Waals surface area contributed by atoms with Crippen LogP contribution in [0.25, 0.3) is 17.0 Å². The monoisotopic (exact) mass is 321 g/mol.